The first-order valence-electron chi connectivity index (χ1n) is 3.65. The first-order chi connectivity index (χ1) is 5.66. The summed E-state index contributed by atoms with van der Waals surface area (Å²) in [5.41, 5.74) is 3.82. The van der Waals surface area contributed by atoms with E-state index in [4.69, 9.17) is 20.1 Å². The Kier molecular flexibility index (Phi) is 1.58. The molecule has 1 heterocycles. The summed E-state index contributed by atoms with van der Waals surface area (Å²) in [5.74, 6) is 0. The normalized spacial score (nSPS) is 10.8. The van der Waals surface area contributed by atoms with Gasteiger partial charge in [0.2, 0.25) is 0 Å². The van der Waals surface area contributed by atoms with Gasteiger partial charge in [0.25, 0.3) is 0 Å². The third kappa shape index (κ3) is 1.08. The first-order valence-corrected chi connectivity index (χ1v) is 4.06. The Morgan fingerprint density at radius 3 is 2.50 bits per heavy atom. The van der Waals surface area contributed by atoms with Crippen LogP contribution in [0.1, 0.15) is 5.56 Å². The fourth-order valence-electron chi connectivity index (χ4n) is 1.21. The van der Waals surface area contributed by atoms with Gasteiger partial charge in [-0.15, -0.1) is 0 Å². The number of imidazole rings is 1. The lowest BCUT2D eigenvalue weighted by Gasteiger charge is -1.98. The minimum Gasteiger partial charge on any atom is -0.331 e. The van der Waals surface area contributed by atoms with Gasteiger partial charge in [-0.25, -0.2) is 0 Å². The van der Waals surface area contributed by atoms with Crippen LogP contribution in [-0.4, -0.2) is 17.8 Å². The van der Waals surface area contributed by atoms with Gasteiger partial charge in [-0.05, 0) is 31.3 Å². The number of H-pyrrole nitrogens is 2. The Morgan fingerprint density at radius 1 is 1.25 bits per heavy atom. The number of aryl methyl sites for hydroxylation is 1. The lowest BCUT2D eigenvalue weighted by Crippen LogP contribution is -2.05. The van der Waals surface area contributed by atoms with Gasteiger partial charge in [0, 0.05) is 0 Å². The molecule has 4 heteroatoms. The van der Waals surface area contributed by atoms with Gasteiger partial charge in [-0.2, -0.15) is 0 Å². The van der Waals surface area contributed by atoms with Gasteiger partial charge in [-0.3, -0.25) is 0 Å². The van der Waals surface area contributed by atoms with Crippen LogP contribution >= 0.6 is 12.2 Å². The van der Waals surface area contributed by atoms with Crippen molar-refractivity contribution in [3.8, 4) is 0 Å². The molecule has 1 aromatic carbocycles. The van der Waals surface area contributed by atoms with Crippen LogP contribution in [0, 0.1) is 11.7 Å². The van der Waals surface area contributed by atoms with Gasteiger partial charge >= 0.3 is 0 Å². The number of benzene rings is 1. The second kappa shape index (κ2) is 2.49. The largest absolute Gasteiger partial charge is 0.331 e. The van der Waals surface area contributed by atoms with Crippen molar-refractivity contribution in [2.45, 2.75) is 6.92 Å². The average Bonchev–Trinajstić information content (AvgIpc) is 2.30. The molecular formula is C8H7BN2S. The number of hydrogen-bond acceptors (Lipinski definition) is 1. The number of rotatable bonds is 0. The maximum atomic E-state index is 5.73. The van der Waals surface area contributed by atoms with E-state index in [1.54, 1.807) is 0 Å². The molecule has 12 heavy (non-hydrogen) atoms. The van der Waals surface area contributed by atoms with Crippen LogP contribution in [-0.2, 0) is 0 Å². The second-order valence-electron chi connectivity index (χ2n) is 2.83. The van der Waals surface area contributed by atoms with Crippen LogP contribution in [0.5, 0.6) is 0 Å². The molecule has 0 aliphatic rings. The van der Waals surface area contributed by atoms with Gasteiger partial charge < -0.3 is 9.97 Å². The monoisotopic (exact) mass is 174 g/mol. The Labute approximate surface area is 76.4 Å². The molecule has 0 aliphatic carbocycles. The lowest BCUT2D eigenvalue weighted by molar-refractivity contribution is 1.30. The van der Waals surface area contributed by atoms with Crippen LogP contribution in [0.15, 0.2) is 12.1 Å². The lowest BCUT2D eigenvalue weighted by atomic mass is 9.91. The molecule has 0 unspecified atom stereocenters. The van der Waals surface area contributed by atoms with E-state index in [-0.39, 0.29) is 0 Å². The summed E-state index contributed by atoms with van der Waals surface area (Å²) >= 11 is 4.95. The highest BCUT2D eigenvalue weighted by Crippen LogP contribution is 2.09. The van der Waals surface area contributed by atoms with E-state index in [9.17, 15) is 0 Å². The summed E-state index contributed by atoms with van der Waals surface area (Å²) in [6.45, 7) is 1.97. The molecule has 0 fully saturated rings. The topological polar surface area (TPSA) is 31.6 Å². The third-order valence-electron chi connectivity index (χ3n) is 1.90. The molecule has 1 aromatic heterocycles. The number of hydrogen-bond donors (Lipinski definition) is 2. The Balaban J connectivity index is 2.92. The van der Waals surface area contributed by atoms with Crippen LogP contribution in [0.3, 0.4) is 0 Å². The molecule has 2 nitrogen and oxygen atoms in total. The number of fused-ring (bicyclic) bond motifs is 1. The van der Waals surface area contributed by atoms with E-state index in [0.717, 1.165) is 22.1 Å². The summed E-state index contributed by atoms with van der Waals surface area (Å²) in [5, 5.41) is 0. The maximum Gasteiger partial charge on any atom is 0.175 e. The van der Waals surface area contributed by atoms with Gasteiger partial charge in [-0.1, -0.05) is 11.0 Å². The van der Waals surface area contributed by atoms with Crippen LogP contribution < -0.4 is 5.46 Å². The average molecular weight is 174 g/mol. The summed E-state index contributed by atoms with van der Waals surface area (Å²) < 4.78 is 0.634. The molecule has 0 spiro atoms. The van der Waals surface area contributed by atoms with Crippen molar-refractivity contribution in [1.29, 1.82) is 0 Å². The van der Waals surface area contributed by atoms with Crippen molar-refractivity contribution in [1.82, 2.24) is 9.97 Å². The molecule has 0 atom stereocenters. The molecular weight excluding hydrogens is 167 g/mol. The van der Waals surface area contributed by atoms with Crippen molar-refractivity contribution in [2.24, 2.45) is 0 Å². The Bertz CT molecular complexity index is 441. The predicted molar refractivity (Wildman–Crippen MR) is 53.6 cm³/mol. The fraction of sp³-hybridized carbons (Fsp3) is 0.125. The third-order valence-corrected chi connectivity index (χ3v) is 2.11. The quantitative estimate of drug-likeness (QED) is 0.458. The van der Waals surface area contributed by atoms with Crippen LogP contribution in [0.2, 0.25) is 0 Å². The zero-order valence-corrected chi connectivity index (χ0v) is 7.46. The molecule has 2 aromatic rings. The molecule has 0 bridgehead atoms. The van der Waals surface area contributed by atoms with Crippen molar-refractivity contribution < 1.29 is 0 Å². The molecule has 0 amide bonds. The van der Waals surface area contributed by atoms with Crippen LogP contribution in [0.25, 0.3) is 11.0 Å². The number of aromatic amines is 2. The van der Waals surface area contributed by atoms with E-state index < -0.39 is 0 Å². The summed E-state index contributed by atoms with van der Waals surface area (Å²) in [6, 6.07) is 3.87. The minimum atomic E-state index is 0.634. The smallest absolute Gasteiger partial charge is 0.175 e. The highest BCUT2D eigenvalue weighted by atomic mass is 32.1. The van der Waals surface area contributed by atoms with Crippen molar-refractivity contribution in [2.75, 3.05) is 0 Å². The highest BCUT2D eigenvalue weighted by Gasteiger charge is 1.98. The van der Waals surface area contributed by atoms with E-state index in [2.05, 4.69) is 9.97 Å². The van der Waals surface area contributed by atoms with Gasteiger partial charge in [0.15, 0.2) is 4.77 Å². The zero-order valence-electron chi connectivity index (χ0n) is 6.64. The number of nitrogens with one attached hydrogen (secondary N) is 2. The Hall–Kier alpha value is -1.03. The standard InChI is InChI=1S/C8H7BN2S/c1-4-2-6-7(3-5(4)9)11-8(12)10-6/h2-3H,1H3,(H2,10,11,12). The summed E-state index contributed by atoms with van der Waals surface area (Å²) in [6.07, 6.45) is 0. The molecule has 0 saturated heterocycles. The molecule has 0 saturated carbocycles. The van der Waals surface area contributed by atoms with Crippen molar-refractivity contribution in [3.63, 3.8) is 0 Å². The Morgan fingerprint density at radius 2 is 1.83 bits per heavy atom. The maximum absolute atomic E-state index is 5.73. The van der Waals surface area contributed by atoms with E-state index in [1.807, 2.05) is 19.1 Å². The van der Waals surface area contributed by atoms with Crippen molar-refractivity contribution in [3.05, 3.63) is 22.5 Å². The van der Waals surface area contributed by atoms with E-state index in [1.165, 1.54) is 0 Å². The first kappa shape index (κ1) is 7.62. The summed E-state index contributed by atoms with van der Waals surface area (Å²) in [7, 11) is 5.73. The molecule has 2 rings (SSSR count). The SMILES string of the molecule is [B]c1cc2[nH]c(=S)[nH]c2cc1C. The second-order valence-corrected chi connectivity index (χ2v) is 3.24. The molecule has 2 N–H and O–H groups in total. The predicted octanol–water partition coefficient (Wildman–Crippen LogP) is 1.33. The zero-order chi connectivity index (χ0) is 8.72. The van der Waals surface area contributed by atoms with Gasteiger partial charge in [0.05, 0.1) is 11.0 Å². The molecule has 58 valence electrons. The minimum absolute atomic E-state index is 0.634. The van der Waals surface area contributed by atoms with Gasteiger partial charge in [0.1, 0.15) is 7.85 Å². The van der Waals surface area contributed by atoms with E-state index in [0.29, 0.717) is 4.77 Å². The highest BCUT2D eigenvalue weighted by molar-refractivity contribution is 7.71. The van der Waals surface area contributed by atoms with Crippen LogP contribution in [0.4, 0.5) is 0 Å². The fourth-order valence-corrected chi connectivity index (χ4v) is 1.43. The number of aromatic nitrogens is 2. The summed E-state index contributed by atoms with van der Waals surface area (Å²) in [4.78, 5) is 6.04. The van der Waals surface area contributed by atoms with E-state index >= 15 is 0 Å². The van der Waals surface area contributed by atoms with Crippen molar-refractivity contribution >= 4 is 36.6 Å². The molecule has 0 aliphatic heterocycles. The molecule has 2 radical (unpaired) electrons.